The molecular formula is C15H22N2O. The topological polar surface area (TPSA) is 41.1 Å². The molecule has 0 spiro atoms. The van der Waals surface area contributed by atoms with Crippen molar-refractivity contribution in [1.82, 2.24) is 10.6 Å². The summed E-state index contributed by atoms with van der Waals surface area (Å²) < 4.78 is 0. The van der Waals surface area contributed by atoms with Crippen LogP contribution in [0.25, 0.3) is 0 Å². The van der Waals surface area contributed by atoms with Crippen LogP contribution in [0.3, 0.4) is 0 Å². The van der Waals surface area contributed by atoms with Crippen molar-refractivity contribution in [2.45, 2.75) is 45.7 Å². The molecule has 1 amide bonds. The Labute approximate surface area is 109 Å². The lowest BCUT2D eigenvalue weighted by atomic mass is 9.98. The van der Waals surface area contributed by atoms with Crippen molar-refractivity contribution in [2.75, 3.05) is 6.54 Å². The normalized spacial score (nSPS) is 23.7. The van der Waals surface area contributed by atoms with Crippen molar-refractivity contribution in [3.63, 3.8) is 0 Å². The van der Waals surface area contributed by atoms with Gasteiger partial charge in [-0.2, -0.15) is 0 Å². The number of benzene rings is 1. The Morgan fingerprint density at radius 1 is 1.39 bits per heavy atom. The molecule has 0 unspecified atom stereocenters. The molecule has 0 radical (unpaired) electrons. The molecule has 3 nitrogen and oxygen atoms in total. The van der Waals surface area contributed by atoms with Gasteiger partial charge in [0.15, 0.2) is 0 Å². The largest absolute Gasteiger partial charge is 0.348 e. The lowest BCUT2D eigenvalue weighted by Crippen LogP contribution is -2.52. The van der Waals surface area contributed by atoms with Crippen LogP contribution in [0.4, 0.5) is 0 Å². The third-order valence-electron chi connectivity index (χ3n) is 3.72. The monoisotopic (exact) mass is 246 g/mol. The molecule has 2 N–H and O–H groups in total. The first-order valence-electron chi connectivity index (χ1n) is 6.69. The lowest BCUT2D eigenvalue weighted by Gasteiger charge is -2.30. The molecule has 3 heteroatoms. The van der Waals surface area contributed by atoms with Crippen molar-refractivity contribution in [3.8, 4) is 0 Å². The zero-order valence-corrected chi connectivity index (χ0v) is 11.4. The van der Waals surface area contributed by atoms with Crippen LogP contribution >= 0.6 is 0 Å². The molecule has 1 heterocycles. The molecule has 18 heavy (non-hydrogen) atoms. The number of carbonyl (C=O) groups excluding carboxylic acids is 1. The summed E-state index contributed by atoms with van der Waals surface area (Å²) in [5.74, 6) is 0.0525. The molecule has 1 aromatic rings. The smallest absolute Gasteiger partial charge is 0.251 e. The fourth-order valence-corrected chi connectivity index (χ4v) is 2.47. The molecule has 0 saturated carbocycles. The van der Waals surface area contributed by atoms with E-state index in [-0.39, 0.29) is 11.9 Å². The van der Waals surface area contributed by atoms with E-state index >= 15 is 0 Å². The number of piperidine rings is 1. The van der Waals surface area contributed by atoms with Gasteiger partial charge in [0.05, 0.1) is 0 Å². The predicted molar refractivity (Wildman–Crippen MR) is 73.9 cm³/mol. The Morgan fingerprint density at radius 2 is 2.17 bits per heavy atom. The van der Waals surface area contributed by atoms with Gasteiger partial charge in [-0.15, -0.1) is 0 Å². The summed E-state index contributed by atoms with van der Waals surface area (Å²) in [7, 11) is 0. The average molecular weight is 246 g/mol. The maximum Gasteiger partial charge on any atom is 0.251 e. The van der Waals surface area contributed by atoms with Crippen molar-refractivity contribution in [2.24, 2.45) is 0 Å². The molecule has 98 valence electrons. The van der Waals surface area contributed by atoms with Crippen molar-refractivity contribution >= 4 is 5.91 Å². The molecule has 2 atom stereocenters. The average Bonchev–Trinajstić information content (AvgIpc) is 2.35. The van der Waals surface area contributed by atoms with Crippen molar-refractivity contribution < 1.29 is 4.79 Å². The molecule has 1 fully saturated rings. The molecule has 0 aromatic heterocycles. The number of aryl methyl sites for hydroxylation is 2. The Morgan fingerprint density at radius 3 is 2.89 bits per heavy atom. The first-order chi connectivity index (χ1) is 8.58. The van der Waals surface area contributed by atoms with Crippen molar-refractivity contribution in [1.29, 1.82) is 0 Å². The van der Waals surface area contributed by atoms with Gasteiger partial charge in [-0.25, -0.2) is 0 Å². The minimum atomic E-state index is 0.0525. The zero-order valence-electron chi connectivity index (χ0n) is 11.4. The van der Waals surface area contributed by atoms with Crippen LogP contribution in [-0.4, -0.2) is 24.5 Å². The van der Waals surface area contributed by atoms with Gasteiger partial charge in [0.1, 0.15) is 0 Å². The molecule has 0 aliphatic carbocycles. The lowest BCUT2D eigenvalue weighted by molar-refractivity contribution is 0.0919. The van der Waals surface area contributed by atoms with Gasteiger partial charge in [0.25, 0.3) is 5.91 Å². The Balaban J connectivity index is 2.09. The van der Waals surface area contributed by atoms with E-state index in [0.29, 0.717) is 6.04 Å². The highest BCUT2D eigenvalue weighted by Crippen LogP contribution is 2.13. The van der Waals surface area contributed by atoms with Crippen LogP contribution < -0.4 is 10.6 Å². The first-order valence-corrected chi connectivity index (χ1v) is 6.69. The van der Waals surface area contributed by atoms with Gasteiger partial charge in [-0.05, 0) is 51.8 Å². The van der Waals surface area contributed by atoms with Crippen LogP contribution in [0.1, 0.15) is 41.3 Å². The van der Waals surface area contributed by atoms with E-state index < -0.39 is 0 Å². The predicted octanol–water partition coefficient (Wildman–Crippen LogP) is 2.17. The van der Waals surface area contributed by atoms with Gasteiger partial charge in [-0.1, -0.05) is 17.7 Å². The zero-order chi connectivity index (χ0) is 13.1. The molecule has 1 aliphatic rings. The summed E-state index contributed by atoms with van der Waals surface area (Å²) in [6.07, 6.45) is 2.19. The fourth-order valence-electron chi connectivity index (χ4n) is 2.47. The maximum absolute atomic E-state index is 12.3. The number of hydrogen-bond donors (Lipinski definition) is 2. The second-order valence-electron chi connectivity index (χ2n) is 5.28. The van der Waals surface area contributed by atoms with E-state index in [4.69, 9.17) is 0 Å². The number of carbonyl (C=O) groups is 1. The highest BCUT2D eigenvalue weighted by atomic mass is 16.1. The quantitative estimate of drug-likeness (QED) is 0.839. The standard InChI is InChI=1S/C15H22N2O/c1-10-6-7-11(2)13(9-10)15(18)17-14-5-4-8-16-12(14)3/h6-7,9,12,14,16H,4-5,8H2,1-3H3,(H,17,18)/t12-,14+/m1/s1. The van der Waals surface area contributed by atoms with E-state index in [0.717, 1.165) is 36.1 Å². The van der Waals surface area contributed by atoms with E-state index in [9.17, 15) is 4.79 Å². The number of nitrogens with one attached hydrogen (secondary N) is 2. The number of hydrogen-bond acceptors (Lipinski definition) is 2. The third-order valence-corrected chi connectivity index (χ3v) is 3.72. The maximum atomic E-state index is 12.3. The molecule has 1 aromatic carbocycles. The van der Waals surface area contributed by atoms with Gasteiger partial charge >= 0.3 is 0 Å². The molecule has 1 aliphatic heterocycles. The first kappa shape index (κ1) is 13.1. The summed E-state index contributed by atoms with van der Waals surface area (Å²) in [4.78, 5) is 12.3. The van der Waals surface area contributed by atoms with E-state index in [1.807, 2.05) is 32.0 Å². The fraction of sp³-hybridized carbons (Fsp3) is 0.533. The third kappa shape index (κ3) is 2.91. The SMILES string of the molecule is Cc1ccc(C)c(C(=O)N[C@H]2CCCN[C@@H]2C)c1. The Bertz CT molecular complexity index is 442. The highest BCUT2D eigenvalue weighted by Gasteiger charge is 2.23. The van der Waals surface area contributed by atoms with Crippen molar-refractivity contribution in [3.05, 3.63) is 34.9 Å². The minimum absolute atomic E-state index is 0.0525. The molecule has 0 bridgehead atoms. The van der Waals surface area contributed by atoms with Crippen LogP contribution in [0.2, 0.25) is 0 Å². The summed E-state index contributed by atoms with van der Waals surface area (Å²) in [5, 5.41) is 6.55. The Kier molecular flexibility index (Phi) is 4.02. The van der Waals surface area contributed by atoms with Crippen LogP contribution in [-0.2, 0) is 0 Å². The summed E-state index contributed by atoms with van der Waals surface area (Å²) in [5.41, 5.74) is 2.96. The highest BCUT2D eigenvalue weighted by molar-refractivity contribution is 5.96. The van der Waals surface area contributed by atoms with Gasteiger partial charge in [0, 0.05) is 17.6 Å². The second-order valence-corrected chi connectivity index (χ2v) is 5.28. The number of amides is 1. The van der Waals surface area contributed by atoms with E-state index in [1.165, 1.54) is 0 Å². The summed E-state index contributed by atoms with van der Waals surface area (Å²) in [6, 6.07) is 6.61. The van der Waals surface area contributed by atoms with Gasteiger partial charge in [-0.3, -0.25) is 4.79 Å². The minimum Gasteiger partial charge on any atom is -0.348 e. The van der Waals surface area contributed by atoms with E-state index in [1.54, 1.807) is 0 Å². The van der Waals surface area contributed by atoms with Gasteiger partial charge in [0.2, 0.25) is 0 Å². The molecular weight excluding hydrogens is 224 g/mol. The van der Waals surface area contributed by atoms with E-state index in [2.05, 4.69) is 17.6 Å². The second kappa shape index (κ2) is 5.53. The molecule has 2 rings (SSSR count). The van der Waals surface area contributed by atoms with Gasteiger partial charge < -0.3 is 10.6 Å². The summed E-state index contributed by atoms with van der Waals surface area (Å²) >= 11 is 0. The van der Waals surface area contributed by atoms with Crippen LogP contribution in [0, 0.1) is 13.8 Å². The summed E-state index contributed by atoms with van der Waals surface area (Å²) in [6.45, 7) is 7.18. The number of rotatable bonds is 2. The van der Waals surface area contributed by atoms with Crippen LogP contribution in [0.15, 0.2) is 18.2 Å². The molecule has 1 saturated heterocycles. The Hall–Kier alpha value is -1.35. The van der Waals surface area contributed by atoms with Crippen LogP contribution in [0.5, 0.6) is 0 Å².